The highest BCUT2D eigenvalue weighted by Gasteiger charge is 2.22. The van der Waals surface area contributed by atoms with Gasteiger partial charge in [0.25, 0.3) is 5.91 Å². The monoisotopic (exact) mass is 398 g/mol. The summed E-state index contributed by atoms with van der Waals surface area (Å²) in [5.41, 5.74) is 3.51. The van der Waals surface area contributed by atoms with Crippen molar-refractivity contribution >= 4 is 40.6 Å². The van der Waals surface area contributed by atoms with Crippen LogP contribution in [-0.4, -0.2) is 27.3 Å². The Hall–Kier alpha value is -2.63. The van der Waals surface area contributed by atoms with Crippen LogP contribution in [0.15, 0.2) is 54.9 Å². The van der Waals surface area contributed by atoms with Gasteiger partial charge in [0.2, 0.25) is 0 Å². The lowest BCUT2D eigenvalue weighted by Gasteiger charge is -2.28. The van der Waals surface area contributed by atoms with Crippen molar-refractivity contribution in [3.05, 3.63) is 81.7 Å². The maximum absolute atomic E-state index is 12.7. The molecule has 0 saturated heterocycles. The molecule has 4 rings (SSSR count). The van der Waals surface area contributed by atoms with Crippen molar-refractivity contribution < 1.29 is 4.79 Å². The van der Waals surface area contributed by atoms with Gasteiger partial charge in [0, 0.05) is 28.8 Å². The third-order valence-electron chi connectivity index (χ3n) is 4.42. The Morgan fingerprint density at radius 3 is 2.44 bits per heavy atom. The predicted octanol–water partition coefficient (Wildman–Crippen LogP) is 4.73. The molecule has 0 radical (unpaired) electrons. The fraction of sp³-hybridized carbons (Fsp3) is 0.150. The first-order valence-corrected chi connectivity index (χ1v) is 9.25. The molecule has 0 fully saturated rings. The van der Waals surface area contributed by atoms with Crippen molar-refractivity contribution in [3.8, 4) is 0 Å². The molecule has 3 aromatic rings. The second-order valence-electron chi connectivity index (χ2n) is 6.32. The van der Waals surface area contributed by atoms with Gasteiger partial charge in [-0.25, -0.2) is 9.97 Å². The molecule has 5 nitrogen and oxygen atoms in total. The van der Waals surface area contributed by atoms with Crippen molar-refractivity contribution in [1.29, 1.82) is 0 Å². The number of halogens is 2. The molecule has 7 heteroatoms. The maximum Gasteiger partial charge on any atom is 0.274 e. The minimum atomic E-state index is -0.116. The Morgan fingerprint density at radius 2 is 1.74 bits per heavy atom. The van der Waals surface area contributed by atoms with E-state index < -0.39 is 0 Å². The van der Waals surface area contributed by atoms with Crippen LogP contribution in [0.1, 0.15) is 21.6 Å². The van der Waals surface area contributed by atoms with Gasteiger partial charge in [0.05, 0.1) is 12.4 Å². The van der Waals surface area contributed by atoms with Crippen LogP contribution in [0.25, 0.3) is 0 Å². The molecule has 1 aromatic heterocycles. The zero-order chi connectivity index (χ0) is 18.8. The molecule has 1 N–H and O–H groups in total. The van der Waals surface area contributed by atoms with Crippen LogP contribution in [0.4, 0.5) is 11.5 Å². The summed E-state index contributed by atoms with van der Waals surface area (Å²) in [6, 6.07) is 13.3. The number of carbonyl (C=O) groups is 1. The zero-order valence-electron chi connectivity index (χ0n) is 14.3. The number of nitrogens with zero attached hydrogens (tertiary/aromatic N) is 3. The normalized spacial score (nSPS) is 13.2. The van der Waals surface area contributed by atoms with Crippen LogP contribution in [-0.2, 0) is 13.0 Å². The fourth-order valence-electron chi connectivity index (χ4n) is 3.11. The van der Waals surface area contributed by atoms with Crippen molar-refractivity contribution in [3.63, 3.8) is 0 Å². The van der Waals surface area contributed by atoms with Gasteiger partial charge in [0.15, 0.2) is 0 Å². The van der Waals surface area contributed by atoms with Crippen LogP contribution in [0.5, 0.6) is 0 Å². The number of aromatic nitrogens is 2. The average molecular weight is 399 g/mol. The molecule has 0 aliphatic carbocycles. The van der Waals surface area contributed by atoms with E-state index in [1.807, 2.05) is 12.1 Å². The van der Waals surface area contributed by atoms with E-state index in [-0.39, 0.29) is 5.91 Å². The molecule has 0 saturated carbocycles. The third kappa shape index (κ3) is 4.04. The van der Waals surface area contributed by atoms with E-state index in [1.54, 1.807) is 23.1 Å². The minimum absolute atomic E-state index is 0.116. The number of rotatable bonds is 3. The molecular formula is C20H16Cl2N4O. The smallest absolute Gasteiger partial charge is 0.274 e. The highest BCUT2D eigenvalue weighted by molar-refractivity contribution is 6.35. The summed E-state index contributed by atoms with van der Waals surface area (Å²) < 4.78 is 0. The lowest BCUT2D eigenvalue weighted by atomic mass is 10.00. The lowest BCUT2D eigenvalue weighted by Crippen LogP contribution is -2.36. The summed E-state index contributed by atoms with van der Waals surface area (Å²) in [7, 11) is 0. The van der Waals surface area contributed by atoms with Gasteiger partial charge in [-0.05, 0) is 35.7 Å². The quantitative estimate of drug-likeness (QED) is 0.692. The highest BCUT2D eigenvalue weighted by Crippen LogP contribution is 2.24. The summed E-state index contributed by atoms with van der Waals surface area (Å²) in [4.78, 5) is 23.1. The van der Waals surface area contributed by atoms with Gasteiger partial charge in [-0.3, -0.25) is 4.79 Å². The maximum atomic E-state index is 12.7. The number of fused-ring (bicyclic) bond motifs is 1. The van der Waals surface area contributed by atoms with Gasteiger partial charge in [-0.15, -0.1) is 0 Å². The zero-order valence-corrected chi connectivity index (χ0v) is 15.8. The van der Waals surface area contributed by atoms with Gasteiger partial charge < -0.3 is 10.2 Å². The van der Waals surface area contributed by atoms with Crippen molar-refractivity contribution in [1.82, 2.24) is 14.9 Å². The number of benzene rings is 2. The van der Waals surface area contributed by atoms with Gasteiger partial charge in [-0.1, -0.05) is 47.5 Å². The molecule has 136 valence electrons. The molecule has 0 atom stereocenters. The molecule has 2 heterocycles. The van der Waals surface area contributed by atoms with Gasteiger partial charge in [-0.2, -0.15) is 0 Å². The first kappa shape index (κ1) is 17.8. The summed E-state index contributed by atoms with van der Waals surface area (Å²) in [5.74, 6) is 0.392. The average Bonchev–Trinajstić information content (AvgIpc) is 2.67. The number of amides is 1. The van der Waals surface area contributed by atoms with E-state index in [0.717, 1.165) is 6.42 Å². The Balaban J connectivity index is 1.46. The second-order valence-corrected chi connectivity index (χ2v) is 7.19. The van der Waals surface area contributed by atoms with Crippen LogP contribution in [0.3, 0.4) is 0 Å². The van der Waals surface area contributed by atoms with Crippen molar-refractivity contribution in [2.45, 2.75) is 13.0 Å². The van der Waals surface area contributed by atoms with E-state index in [4.69, 9.17) is 23.2 Å². The molecule has 1 aliphatic rings. The van der Waals surface area contributed by atoms with Gasteiger partial charge in [0.1, 0.15) is 11.5 Å². The first-order valence-electron chi connectivity index (χ1n) is 8.50. The Bertz CT molecular complexity index is 971. The van der Waals surface area contributed by atoms with Gasteiger partial charge >= 0.3 is 0 Å². The molecule has 0 bridgehead atoms. The molecule has 27 heavy (non-hydrogen) atoms. The number of hydrogen-bond acceptors (Lipinski definition) is 4. The summed E-state index contributed by atoms with van der Waals surface area (Å²) in [6.07, 6.45) is 3.86. The molecule has 0 spiro atoms. The molecule has 2 aromatic carbocycles. The Kier molecular flexibility index (Phi) is 4.97. The SMILES string of the molecule is O=C(c1cnc(Nc2cc(Cl)cc(Cl)c2)cn1)N1CCc2ccccc2C1. The molecule has 1 amide bonds. The molecule has 0 unspecified atom stereocenters. The largest absolute Gasteiger partial charge is 0.339 e. The number of nitrogens with one attached hydrogen (secondary N) is 1. The lowest BCUT2D eigenvalue weighted by molar-refractivity contribution is 0.0728. The van der Waals surface area contributed by atoms with Crippen LogP contribution >= 0.6 is 23.2 Å². The number of anilines is 2. The van der Waals surface area contributed by atoms with Crippen molar-refractivity contribution in [2.24, 2.45) is 0 Å². The Labute approximate surface area is 167 Å². The van der Waals surface area contributed by atoms with E-state index in [9.17, 15) is 4.79 Å². The predicted molar refractivity (Wildman–Crippen MR) is 107 cm³/mol. The standard InChI is InChI=1S/C20H16Cl2N4O/c21-15-7-16(22)9-17(8-15)25-19-11-23-18(10-24-19)20(27)26-6-5-13-3-1-2-4-14(13)12-26/h1-4,7-11H,5-6,12H2,(H,24,25). The van der Waals surface area contributed by atoms with Crippen LogP contribution in [0.2, 0.25) is 10.0 Å². The summed E-state index contributed by atoms with van der Waals surface area (Å²) in [6.45, 7) is 1.27. The molecule has 1 aliphatic heterocycles. The fourth-order valence-corrected chi connectivity index (χ4v) is 3.63. The van der Waals surface area contributed by atoms with E-state index in [0.29, 0.717) is 40.3 Å². The van der Waals surface area contributed by atoms with E-state index in [2.05, 4.69) is 27.4 Å². The molecular weight excluding hydrogens is 383 g/mol. The first-order chi connectivity index (χ1) is 13.1. The summed E-state index contributed by atoms with van der Waals surface area (Å²) in [5, 5.41) is 4.12. The van der Waals surface area contributed by atoms with Crippen LogP contribution < -0.4 is 5.32 Å². The Morgan fingerprint density at radius 1 is 1.00 bits per heavy atom. The second kappa shape index (κ2) is 7.55. The third-order valence-corrected chi connectivity index (χ3v) is 4.86. The summed E-state index contributed by atoms with van der Waals surface area (Å²) >= 11 is 12.0. The minimum Gasteiger partial charge on any atom is -0.339 e. The highest BCUT2D eigenvalue weighted by atomic mass is 35.5. The van der Waals surface area contributed by atoms with E-state index >= 15 is 0 Å². The van der Waals surface area contributed by atoms with E-state index in [1.165, 1.54) is 23.5 Å². The topological polar surface area (TPSA) is 58.1 Å². The van der Waals surface area contributed by atoms with Crippen molar-refractivity contribution in [2.75, 3.05) is 11.9 Å². The number of carbonyl (C=O) groups excluding carboxylic acids is 1. The number of hydrogen-bond donors (Lipinski definition) is 1. The van der Waals surface area contributed by atoms with Crippen LogP contribution in [0, 0.1) is 0 Å².